The molecule has 1 heterocycles. The van der Waals surface area contributed by atoms with Crippen molar-refractivity contribution in [2.24, 2.45) is 0 Å². The van der Waals surface area contributed by atoms with Gasteiger partial charge in [0.1, 0.15) is 11.4 Å². The van der Waals surface area contributed by atoms with Gasteiger partial charge in [-0.25, -0.2) is 4.68 Å². The fourth-order valence-electron chi connectivity index (χ4n) is 1.79. The molecule has 0 bridgehead atoms. The van der Waals surface area contributed by atoms with Gasteiger partial charge in [-0.1, -0.05) is 22.9 Å². The van der Waals surface area contributed by atoms with Crippen molar-refractivity contribution in [3.8, 4) is 5.75 Å². The van der Waals surface area contributed by atoms with Crippen LogP contribution in [0.1, 0.15) is 23.4 Å². The average Bonchev–Trinajstić information content (AvgIpc) is 2.77. The van der Waals surface area contributed by atoms with Gasteiger partial charge in [0.2, 0.25) is 0 Å². The highest BCUT2D eigenvalue weighted by atomic mass is 16.5. The number of rotatable bonds is 6. The molecule has 1 N–H and O–H groups in total. The first-order valence-corrected chi connectivity index (χ1v) is 6.40. The van der Waals surface area contributed by atoms with Gasteiger partial charge in [0.25, 0.3) is 0 Å². The topological polar surface area (TPSA) is 60.2 Å². The van der Waals surface area contributed by atoms with Gasteiger partial charge in [-0.05, 0) is 26.0 Å². The fourth-order valence-corrected chi connectivity index (χ4v) is 1.79. The third kappa shape index (κ3) is 3.54. The molecule has 1 aromatic carbocycles. The summed E-state index contributed by atoms with van der Waals surface area (Å²) in [7, 11) is 0. The number of aryl methyl sites for hydroxylation is 2. The number of aliphatic hydroxyl groups is 1. The summed E-state index contributed by atoms with van der Waals surface area (Å²) in [6.07, 6.45) is 0.850. The van der Waals surface area contributed by atoms with Crippen molar-refractivity contribution >= 4 is 0 Å². The van der Waals surface area contributed by atoms with E-state index in [2.05, 4.69) is 17.2 Å². The second-order valence-corrected chi connectivity index (χ2v) is 4.52. The Bertz CT molecular complexity index is 520. The summed E-state index contributed by atoms with van der Waals surface area (Å²) in [5.74, 6) is 0.886. The van der Waals surface area contributed by atoms with Crippen LogP contribution in [0.2, 0.25) is 0 Å². The predicted molar refractivity (Wildman–Crippen MR) is 72.0 cm³/mol. The van der Waals surface area contributed by atoms with Crippen LogP contribution in [0, 0.1) is 13.8 Å². The molecule has 0 saturated carbocycles. The van der Waals surface area contributed by atoms with Crippen LogP contribution in [0.5, 0.6) is 5.75 Å². The molecule has 102 valence electrons. The Kier molecular flexibility index (Phi) is 4.52. The summed E-state index contributed by atoms with van der Waals surface area (Å²) in [5.41, 5.74) is 2.78. The molecule has 2 aromatic rings. The molecule has 2 rings (SSSR count). The second-order valence-electron chi connectivity index (χ2n) is 4.52. The van der Waals surface area contributed by atoms with Crippen LogP contribution in [0.25, 0.3) is 0 Å². The number of hydrogen-bond acceptors (Lipinski definition) is 4. The van der Waals surface area contributed by atoms with Gasteiger partial charge in [-0.2, -0.15) is 0 Å². The van der Waals surface area contributed by atoms with Gasteiger partial charge in [0.05, 0.1) is 18.9 Å². The molecule has 0 atom stereocenters. The fraction of sp³-hybridized carbons (Fsp3) is 0.429. The van der Waals surface area contributed by atoms with Crippen molar-refractivity contribution in [3.05, 3.63) is 41.2 Å². The third-order valence-corrected chi connectivity index (χ3v) is 3.03. The summed E-state index contributed by atoms with van der Waals surface area (Å²) in [4.78, 5) is 0. The van der Waals surface area contributed by atoms with E-state index in [1.165, 1.54) is 5.56 Å². The minimum atomic E-state index is -0.0638. The molecule has 0 fully saturated rings. The molecule has 5 nitrogen and oxygen atoms in total. The quantitative estimate of drug-likeness (QED) is 0.806. The first-order chi connectivity index (χ1) is 9.20. The SMILES string of the molecule is Cc1ccc(OCCCn2nnc(CO)c2C)cc1. The lowest BCUT2D eigenvalue weighted by Gasteiger charge is -2.07. The van der Waals surface area contributed by atoms with Crippen molar-refractivity contribution in [2.75, 3.05) is 6.61 Å². The lowest BCUT2D eigenvalue weighted by Crippen LogP contribution is -2.07. The van der Waals surface area contributed by atoms with Crippen LogP contribution < -0.4 is 4.74 Å². The Labute approximate surface area is 112 Å². The molecule has 0 amide bonds. The first-order valence-electron chi connectivity index (χ1n) is 6.40. The predicted octanol–water partition coefficient (Wildman–Crippen LogP) is 1.86. The molecule has 0 aliphatic carbocycles. The molecule has 1 aromatic heterocycles. The average molecular weight is 261 g/mol. The molecule has 5 heteroatoms. The molecule has 0 radical (unpaired) electrons. The highest BCUT2D eigenvalue weighted by molar-refractivity contribution is 5.26. The van der Waals surface area contributed by atoms with Gasteiger partial charge < -0.3 is 9.84 Å². The number of nitrogens with zero attached hydrogens (tertiary/aromatic N) is 3. The molecule has 0 spiro atoms. The number of hydrogen-bond donors (Lipinski definition) is 1. The van der Waals surface area contributed by atoms with Crippen molar-refractivity contribution in [2.45, 2.75) is 33.4 Å². The Balaban J connectivity index is 1.77. The van der Waals surface area contributed by atoms with Crippen molar-refractivity contribution < 1.29 is 9.84 Å². The summed E-state index contributed by atoms with van der Waals surface area (Å²) >= 11 is 0. The van der Waals surface area contributed by atoms with Crippen LogP contribution in [-0.2, 0) is 13.2 Å². The summed E-state index contributed by atoms with van der Waals surface area (Å²) in [6, 6.07) is 8.01. The Morgan fingerprint density at radius 2 is 1.95 bits per heavy atom. The van der Waals surface area contributed by atoms with E-state index in [0.717, 1.165) is 24.4 Å². The van der Waals surface area contributed by atoms with Crippen LogP contribution in [0.3, 0.4) is 0 Å². The van der Waals surface area contributed by atoms with E-state index < -0.39 is 0 Å². The minimum absolute atomic E-state index is 0.0638. The van der Waals surface area contributed by atoms with Gasteiger partial charge >= 0.3 is 0 Å². The lowest BCUT2D eigenvalue weighted by atomic mass is 10.2. The van der Waals surface area contributed by atoms with Gasteiger partial charge in [0, 0.05) is 13.0 Å². The van der Waals surface area contributed by atoms with E-state index in [9.17, 15) is 0 Å². The summed E-state index contributed by atoms with van der Waals surface area (Å²) in [5, 5.41) is 16.9. The van der Waals surface area contributed by atoms with Gasteiger partial charge in [-0.15, -0.1) is 5.10 Å². The number of aliphatic hydroxyl groups excluding tert-OH is 1. The maximum Gasteiger partial charge on any atom is 0.119 e. The van der Waals surface area contributed by atoms with Crippen LogP contribution in [0.4, 0.5) is 0 Å². The molecule has 19 heavy (non-hydrogen) atoms. The highest BCUT2D eigenvalue weighted by Gasteiger charge is 2.06. The van der Waals surface area contributed by atoms with E-state index in [0.29, 0.717) is 12.3 Å². The molecular weight excluding hydrogens is 242 g/mol. The Hall–Kier alpha value is -1.88. The summed E-state index contributed by atoms with van der Waals surface area (Å²) < 4.78 is 7.44. The largest absolute Gasteiger partial charge is 0.494 e. The first kappa shape index (κ1) is 13.5. The van der Waals surface area contributed by atoms with E-state index in [1.54, 1.807) is 4.68 Å². The summed E-state index contributed by atoms with van der Waals surface area (Å²) in [6.45, 7) is 5.27. The normalized spacial score (nSPS) is 10.7. The maximum atomic E-state index is 9.03. The standard InChI is InChI=1S/C14H19N3O2/c1-11-4-6-13(7-5-11)19-9-3-8-17-12(2)14(10-18)15-16-17/h4-7,18H,3,8-10H2,1-2H3. The molecule has 0 saturated heterocycles. The zero-order valence-electron chi connectivity index (χ0n) is 11.3. The number of benzene rings is 1. The van der Waals surface area contributed by atoms with Crippen LogP contribution in [0.15, 0.2) is 24.3 Å². The van der Waals surface area contributed by atoms with Gasteiger partial charge in [0.15, 0.2) is 0 Å². The van der Waals surface area contributed by atoms with E-state index in [-0.39, 0.29) is 6.61 Å². The molecule has 0 aliphatic rings. The Morgan fingerprint density at radius 1 is 1.21 bits per heavy atom. The smallest absolute Gasteiger partial charge is 0.119 e. The third-order valence-electron chi connectivity index (χ3n) is 3.03. The molecule has 0 aliphatic heterocycles. The Morgan fingerprint density at radius 3 is 2.58 bits per heavy atom. The zero-order valence-corrected chi connectivity index (χ0v) is 11.3. The van der Waals surface area contributed by atoms with E-state index in [1.807, 2.05) is 31.2 Å². The highest BCUT2D eigenvalue weighted by Crippen LogP contribution is 2.12. The zero-order chi connectivity index (χ0) is 13.7. The van der Waals surface area contributed by atoms with Crippen molar-refractivity contribution in [3.63, 3.8) is 0 Å². The number of ether oxygens (including phenoxy) is 1. The van der Waals surface area contributed by atoms with Crippen LogP contribution in [-0.4, -0.2) is 26.7 Å². The number of aromatic nitrogens is 3. The molecular formula is C14H19N3O2. The minimum Gasteiger partial charge on any atom is -0.494 e. The lowest BCUT2D eigenvalue weighted by molar-refractivity contribution is 0.275. The van der Waals surface area contributed by atoms with Crippen LogP contribution >= 0.6 is 0 Å². The van der Waals surface area contributed by atoms with Crippen molar-refractivity contribution in [1.82, 2.24) is 15.0 Å². The molecule has 0 unspecified atom stereocenters. The van der Waals surface area contributed by atoms with E-state index in [4.69, 9.17) is 9.84 Å². The van der Waals surface area contributed by atoms with Crippen molar-refractivity contribution in [1.29, 1.82) is 0 Å². The monoisotopic (exact) mass is 261 g/mol. The van der Waals surface area contributed by atoms with Gasteiger partial charge in [-0.3, -0.25) is 0 Å². The maximum absolute atomic E-state index is 9.03. The van der Waals surface area contributed by atoms with E-state index >= 15 is 0 Å². The second kappa shape index (κ2) is 6.33.